The Morgan fingerprint density at radius 2 is 1.75 bits per heavy atom. The Bertz CT molecular complexity index is 1040. The number of hydrogen-bond donors (Lipinski definition) is 1. The molecular weight excluding hydrogens is 390 g/mol. The van der Waals surface area contributed by atoms with E-state index in [9.17, 15) is 13.2 Å². The third-order valence-electron chi connectivity index (χ3n) is 4.29. The second-order valence-electron chi connectivity index (χ2n) is 6.37. The van der Waals surface area contributed by atoms with E-state index in [2.05, 4.69) is 5.32 Å². The maximum absolute atomic E-state index is 13.1. The molecule has 6 heteroatoms. The lowest BCUT2D eigenvalue weighted by Crippen LogP contribution is -2.30. The summed E-state index contributed by atoms with van der Waals surface area (Å²) in [6.45, 7) is 1.95. The minimum Gasteiger partial charge on any atom is -0.351 e. The van der Waals surface area contributed by atoms with Crippen molar-refractivity contribution in [3.63, 3.8) is 0 Å². The Morgan fingerprint density at radius 1 is 1.04 bits per heavy atom. The first-order valence-electron chi connectivity index (χ1n) is 8.82. The lowest BCUT2D eigenvalue weighted by atomic mass is 10.1. The van der Waals surface area contributed by atoms with Gasteiger partial charge in [-0.05, 0) is 35.6 Å². The van der Waals surface area contributed by atoms with Crippen LogP contribution in [0.4, 0.5) is 0 Å². The molecule has 0 aliphatic rings. The fourth-order valence-electron chi connectivity index (χ4n) is 2.74. The summed E-state index contributed by atoms with van der Waals surface area (Å²) < 4.78 is 26.5. The molecule has 3 aromatic rings. The SMILES string of the molecule is Cc1ccc([C@@H](CNC(=O)/C=C/c2ccccc2)S(=O)(=O)c2cccs2)cc1. The van der Waals surface area contributed by atoms with E-state index in [1.165, 1.54) is 17.4 Å². The molecule has 1 atom stereocenters. The molecule has 0 bridgehead atoms. The van der Waals surface area contributed by atoms with Gasteiger partial charge in [-0.1, -0.05) is 66.2 Å². The zero-order valence-electron chi connectivity index (χ0n) is 15.4. The minimum atomic E-state index is -3.61. The molecule has 0 spiro atoms. The molecule has 1 heterocycles. The van der Waals surface area contributed by atoms with Crippen LogP contribution in [0.1, 0.15) is 21.9 Å². The average Bonchev–Trinajstić information content (AvgIpc) is 3.24. The van der Waals surface area contributed by atoms with Crippen LogP contribution in [0.25, 0.3) is 6.08 Å². The monoisotopic (exact) mass is 411 g/mol. The summed E-state index contributed by atoms with van der Waals surface area (Å²) in [6.07, 6.45) is 3.11. The average molecular weight is 412 g/mol. The Hall–Kier alpha value is -2.70. The van der Waals surface area contributed by atoms with Gasteiger partial charge in [-0.3, -0.25) is 4.79 Å². The predicted octanol–water partition coefficient (Wildman–Crippen LogP) is 4.40. The van der Waals surface area contributed by atoms with Crippen molar-refractivity contribution in [1.82, 2.24) is 5.32 Å². The zero-order valence-corrected chi connectivity index (χ0v) is 17.0. The molecule has 3 rings (SSSR count). The summed E-state index contributed by atoms with van der Waals surface area (Å²) >= 11 is 1.18. The smallest absolute Gasteiger partial charge is 0.244 e. The van der Waals surface area contributed by atoms with Crippen LogP contribution < -0.4 is 5.32 Å². The molecule has 0 radical (unpaired) electrons. The highest BCUT2D eigenvalue weighted by molar-refractivity contribution is 7.93. The van der Waals surface area contributed by atoms with E-state index in [0.717, 1.165) is 11.1 Å². The van der Waals surface area contributed by atoms with Gasteiger partial charge in [0.15, 0.2) is 9.84 Å². The highest BCUT2D eigenvalue weighted by Gasteiger charge is 2.30. The van der Waals surface area contributed by atoms with Crippen molar-refractivity contribution < 1.29 is 13.2 Å². The van der Waals surface area contributed by atoms with Crippen LogP contribution >= 0.6 is 11.3 Å². The van der Waals surface area contributed by atoms with Crippen LogP contribution in [0.2, 0.25) is 0 Å². The summed E-state index contributed by atoms with van der Waals surface area (Å²) in [6, 6.07) is 20.1. The first-order valence-corrected chi connectivity index (χ1v) is 11.2. The van der Waals surface area contributed by atoms with Crippen LogP contribution in [0.5, 0.6) is 0 Å². The van der Waals surface area contributed by atoms with Gasteiger partial charge in [0.1, 0.15) is 9.46 Å². The number of hydrogen-bond acceptors (Lipinski definition) is 4. The van der Waals surface area contributed by atoms with Gasteiger partial charge in [-0.15, -0.1) is 11.3 Å². The van der Waals surface area contributed by atoms with E-state index in [-0.39, 0.29) is 12.5 Å². The molecular formula is C22H21NO3S2. The van der Waals surface area contributed by atoms with Crippen molar-refractivity contribution in [1.29, 1.82) is 0 Å². The van der Waals surface area contributed by atoms with E-state index in [4.69, 9.17) is 0 Å². The van der Waals surface area contributed by atoms with Crippen molar-refractivity contribution in [2.45, 2.75) is 16.4 Å². The van der Waals surface area contributed by atoms with E-state index in [1.807, 2.05) is 49.4 Å². The first kappa shape index (κ1) is 20.0. The lowest BCUT2D eigenvalue weighted by molar-refractivity contribution is -0.116. The number of rotatable bonds is 7. The maximum atomic E-state index is 13.1. The number of nitrogens with one attached hydrogen (secondary N) is 1. The number of benzene rings is 2. The van der Waals surface area contributed by atoms with Gasteiger partial charge in [0.2, 0.25) is 5.91 Å². The highest BCUT2D eigenvalue weighted by Crippen LogP contribution is 2.31. The molecule has 0 aliphatic carbocycles. The van der Waals surface area contributed by atoms with Crippen molar-refractivity contribution in [2.75, 3.05) is 6.54 Å². The topological polar surface area (TPSA) is 63.2 Å². The molecule has 0 fully saturated rings. The molecule has 2 aromatic carbocycles. The molecule has 0 aliphatic heterocycles. The summed E-state index contributed by atoms with van der Waals surface area (Å²) in [5.41, 5.74) is 2.61. The van der Waals surface area contributed by atoms with Gasteiger partial charge in [0.05, 0.1) is 0 Å². The summed E-state index contributed by atoms with van der Waals surface area (Å²) in [4.78, 5) is 12.2. The zero-order chi connectivity index (χ0) is 20.0. The van der Waals surface area contributed by atoms with Crippen molar-refractivity contribution in [3.05, 3.63) is 94.9 Å². The van der Waals surface area contributed by atoms with E-state index in [0.29, 0.717) is 9.77 Å². The fraction of sp³-hybridized carbons (Fsp3) is 0.136. The second kappa shape index (κ2) is 8.99. The van der Waals surface area contributed by atoms with Gasteiger partial charge >= 0.3 is 0 Å². The molecule has 1 aromatic heterocycles. The number of thiophene rings is 1. The van der Waals surface area contributed by atoms with Gasteiger partial charge in [0, 0.05) is 12.6 Å². The van der Waals surface area contributed by atoms with Crippen molar-refractivity contribution in [3.8, 4) is 0 Å². The predicted molar refractivity (Wildman–Crippen MR) is 114 cm³/mol. The number of carbonyl (C=O) groups is 1. The van der Waals surface area contributed by atoms with Crippen molar-refractivity contribution >= 4 is 33.2 Å². The molecule has 1 amide bonds. The third kappa shape index (κ3) is 4.97. The molecule has 0 unspecified atom stereocenters. The van der Waals surface area contributed by atoms with Gasteiger partial charge in [-0.25, -0.2) is 8.42 Å². The van der Waals surface area contributed by atoms with E-state index >= 15 is 0 Å². The lowest BCUT2D eigenvalue weighted by Gasteiger charge is -2.18. The number of carbonyl (C=O) groups excluding carboxylic acids is 1. The normalized spacial score (nSPS) is 12.8. The van der Waals surface area contributed by atoms with Crippen LogP contribution in [0.3, 0.4) is 0 Å². The Balaban J connectivity index is 1.79. The number of amides is 1. The quantitative estimate of drug-likeness (QED) is 0.586. The Kier molecular flexibility index (Phi) is 6.44. The number of aryl methyl sites for hydroxylation is 1. The Morgan fingerprint density at radius 3 is 2.39 bits per heavy atom. The molecule has 144 valence electrons. The molecule has 0 saturated carbocycles. The molecule has 4 nitrogen and oxygen atoms in total. The third-order valence-corrected chi connectivity index (χ3v) is 7.82. The van der Waals surface area contributed by atoms with Crippen molar-refractivity contribution in [2.24, 2.45) is 0 Å². The summed E-state index contributed by atoms with van der Waals surface area (Å²) in [7, 11) is -3.61. The fourth-order valence-corrected chi connectivity index (χ4v) is 5.61. The van der Waals surface area contributed by atoms with E-state index in [1.54, 1.807) is 35.7 Å². The number of sulfone groups is 1. The molecule has 1 N–H and O–H groups in total. The largest absolute Gasteiger partial charge is 0.351 e. The molecule has 0 saturated heterocycles. The highest BCUT2D eigenvalue weighted by atomic mass is 32.2. The summed E-state index contributed by atoms with van der Waals surface area (Å²) in [5, 5.41) is 3.62. The van der Waals surface area contributed by atoms with Gasteiger partial charge in [0.25, 0.3) is 0 Å². The standard InChI is InChI=1S/C22H21NO3S2/c1-17-9-12-19(13-10-17)20(28(25,26)22-8-5-15-27-22)16-23-21(24)14-11-18-6-3-2-4-7-18/h2-15,20H,16H2,1H3,(H,23,24)/b14-11+/t20-/m1/s1. The maximum Gasteiger partial charge on any atom is 0.244 e. The second-order valence-corrected chi connectivity index (χ2v) is 9.67. The molecule has 28 heavy (non-hydrogen) atoms. The van der Waals surface area contributed by atoms with Gasteiger partial charge in [-0.2, -0.15) is 0 Å². The minimum absolute atomic E-state index is 0.00125. The van der Waals surface area contributed by atoms with Crippen LogP contribution in [-0.2, 0) is 14.6 Å². The van der Waals surface area contributed by atoms with Gasteiger partial charge < -0.3 is 5.32 Å². The first-order chi connectivity index (χ1) is 13.5. The Labute approximate surface area is 169 Å². The summed E-state index contributed by atoms with van der Waals surface area (Å²) in [5.74, 6) is -0.331. The van der Waals surface area contributed by atoms with Crippen LogP contribution in [0, 0.1) is 6.92 Å². The van der Waals surface area contributed by atoms with Crippen LogP contribution in [0.15, 0.2) is 82.4 Å². The van der Waals surface area contributed by atoms with Crippen LogP contribution in [-0.4, -0.2) is 20.9 Å². The van der Waals surface area contributed by atoms with E-state index < -0.39 is 15.1 Å².